The van der Waals surface area contributed by atoms with E-state index in [4.69, 9.17) is 10.7 Å². The summed E-state index contributed by atoms with van der Waals surface area (Å²) < 4.78 is 3.73. The highest BCUT2D eigenvalue weighted by Crippen LogP contribution is 2.29. The molecule has 0 aliphatic carbocycles. The Morgan fingerprint density at radius 3 is 2.75 bits per heavy atom. The number of carbonyl (C=O) groups is 1. The maximum absolute atomic E-state index is 11.9. The highest BCUT2D eigenvalue weighted by Gasteiger charge is 2.31. The molecule has 0 bridgehead atoms. The Morgan fingerprint density at radius 2 is 2.00 bits per heavy atom. The summed E-state index contributed by atoms with van der Waals surface area (Å²) in [4.78, 5) is 23.1. The van der Waals surface area contributed by atoms with E-state index in [-0.39, 0.29) is 11.9 Å². The normalized spacial score (nSPS) is 16.1. The zero-order valence-electron chi connectivity index (χ0n) is 18.4. The topological polar surface area (TPSA) is 106 Å². The van der Waals surface area contributed by atoms with Crippen LogP contribution < -0.4 is 16.0 Å². The molecule has 0 radical (unpaired) electrons. The van der Waals surface area contributed by atoms with Crippen LogP contribution in [-0.4, -0.2) is 42.6 Å². The average molecular weight is 431 g/mol. The number of amides is 1. The lowest BCUT2D eigenvalue weighted by molar-refractivity contribution is -0.119. The molecule has 164 valence electrons. The smallest absolute Gasteiger partial charge is 0.248 e. The molecule has 1 fully saturated rings. The molecule has 4 heterocycles. The summed E-state index contributed by atoms with van der Waals surface area (Å²) in [5.74, 6) is 1.40. The third-order valence-electron chi connectivity index (χ3n) is 6.26. The van der Waals surface area contributed by atoms with E-state index in [9.17, 15) is 4.79 Å². The lowest BCUT2D eigenvalue weighted by Gasteiger charge is -2.24. The van der Waals surface area contributed by atoms with Gasteiger partial charge >= 0.3 is 0 Å². The van der Waals surface area contributed by atoms with Crippen molar-refractivity contribution in [3.8, 4) is 5.69 Å². The Balaban J connectivity index is 1.47. The molecule has 9 nitrogen and oxygen atoms in total. The zero-order chi connectivity index (χ0) is 22.4. The van der Waals surface area contributed by atoms with Crippen LogP contribution in [0.3, 0.4) is 0 Å². The Bertz CT molecular complexity index is 1300. The van der Waals surface area contributed by atoms with Crippen LogP contribution in [-0.2, 0) is 4.79 Å². The van der Waals surface area contributed by atoms with E-state index < -0.39 is 0 Å². The fourth-order valence-corrected chi connectivity index (χ4v) is 4.30. The molecular weight excluding hydrogens is 404 g/mol. The maximum atomic E-state index is 11.9. The number of fused-ring (bicyclic) bond motifs is 1. The second kappa shape index (κ2) is 7.67. The molecule has 1 saturated heterocycles. The first-order chi connectivity index (χ1) is 15.4. The van der Waals surface area contributed by atoms with Gasteiger partial charge in [-0.15, -0.1) is 5.10 Å². The van der Waals surface area contributed by atoms with Crippen LogP contribution in [0, 0.1) is 20.8 Å². The first-order valence-electron chi connectivity index (χ1n) is 10.7. The van der Waals surface area contributed by atoms with Crippen molar-refractivity contribution >= 4 is 29.0 Å². The van der Waals surface area contributed by atoms with Gasteiger partial charge in [0, 0.05) is 18.4 Å². The molecule has 32 heavy (non-hydrogen) atoms. The van der Waals surface area contributed by atoms with Gasteiger partial charge in [-0.2, -0.15) is 4.98 Å². The summed E-state index contributed by atoms with van der Waals surface area (Å²) in [5, 5.41) is 7.76. The fourth-order valence-electron chi connectivity index (χ4n) is 4.30. The van der Waals surface area contributed by atoms with E-state index in [1.165, 1.54) is 16.7 Å². The van der Waals surface area contributed by atoms with Gasteiger partial charge in [0.2, 0.25) is 11.9 Å². The summed E-state index contributed by atoms with van der Waals surface area (Å²) >= 11 is 0. The van der Waals surface area contributed by atoms with Crippen molar-refractivity contribution in [2.45, 2.75) is 39.7 Å². The van der Waals surface area contributed by atoms with Gasteiger partial charge in [-0.1, -0.05) is 0 Å². The number of aryl methyl sites for hydroxylation is 2. The van der Waals surface area contributed by atoms with E-state index in [1.54, 1.807) is 10.8 Å². The summed E-state index contributed by atoms with van der Waals surface area (Å²) in [6.45, 7) is 7.08. The predicted octanol–water partition coefficient (Wildman–Crippen LogP) is 3.04. The minimum atomic E-state index is -0.358. The molecule has 1 amide bonds. The molecule has 1 aliphatic rings. The third kappa shape index (κ3) is 3.45. The Labute approximate surface area is 185 Å². The zero-order valence-corrected chi connectivity index (χ0v) is 18.4. The van der Waals surface area contributed by atoms with E-state index in [0.717, 1.165) is 30.6 Å². The summed E-state index contributed by atoms with van der Waals surface area (Å²) in [7, 11) is 0. The van der Waals surface area contributed by atoms with Crippen molar-refractivity contribution in [2.24, 2.45) is 5.73 Å². The van der Waals surface area contributed by atoms with Crippen molar-refractivity contribution in [3.05, 3.63) is 59.7 Å². The van der Waals surface area contributed by atoms with Crippen LogP contribution in [0.25, 0.3) is 11.2 Å². The van der Waals surface area contributed by atoms with E-state index in [0.29, 0.717) is 17.6 Å². The van der Waals surface area contributed by atoms with Crippen LogP contribution in [0.4, 0.5) is 17.6 Å². The van der Waals surface area contributed by atoms with Gasteiger partial charge < -0.3 is 20.5 Å². The monoisotopic (exact) mass is 430 g/mol. The molecule has 0 spiro atoms. The Morgan fingerprint density at radius 1 is 1.22 bits per heavy atom. The minimum absolute atomic E-state index is 0.331. The Kier molecular flexibility index (Phi) is 4.80. The highest BCUT2D eigenvalue weighted by atomic mass is 16.1. The summed E-state index contributed by atoms with van der Waals surface area (Å²) in [6, 6.07) is 7.77. The molecule has 3 aromatic heterocycles. The van der Waals surface area contributed by atoms with Crippen molar-refractivity contribution < 1.29 is 4.79 Å². The van der Waals surface area contributed by atoms with Crippen LogP contribution in [0.2, 0.25) is 0 Å². The van der Waals surface area contributed by atoms with E-state index in [2.05, 4.69) is 48.3 Å². The molecule has 1 aromatic carbocycles. The van der Waals surface area contributed by atoms with Gasteiger partial charge in [-0.25, -0.2) is 9.50 Å². The lowest BCUT2D eigenvalue weighted by Crippen LogP contribution is -2.41. The van der Waals surface area contributed by atoms with Crippen molar-refractivity contribution in [3.63, 3.8) is 0 Å². The fraction of sp³-hybridized carbons (Fsp3) is 0.304. The number of carbonyl (C=O) groups excluding carboxylic acids is 1. The SMILES string of the molecule is Cc1cc(-n2cnc(Nc3nc(N4CCC[C@@H]4C(N)=O)c4cccn4n3)c2)cc(C)c1C. The number of imidazole rings is 1. The molecule has 3 N–H and O–H groups in total. The number of primary amides is 1. The molecule has 1 atom stereocenters. The molecular formula is C23H26N8O. The van der Waals surface area contributed by atoms with Gasteiger partial charge in [0.1, 0.15) is 17.9 Å². The molecule has 4 aromatic rings. The van der Waals surface area contributed by atoms with Crippen LogP contribution in [0.5, 0.6) is 0 Å². The second-order valence-electron chi connectivity index (χ2n) is 8.35. The molecule has 9 heteroatoms. The summed E-state index contributed by atoms with van der Waals surface area (Å²) in [5.41, 5.74) is 11.3. The average Bonchev–Trinajstić information content (AvgIpc) is 3.51. The van der Waals surface area contributed by atoms with Gasteiger partial charge in [0.05, 0.1) is 6.20 Å². The predicted molar refractivity (Wildman–Crippen MR) is 124 cm³/mol. The van der Waals surface area contributed by atoms with Gasteiger partial charge in [0.15, 0.2) is 11.6 Å². The first-order valence-corrected chi connectivity index (χ1v) is 10.7. The standard InChI is InChI=1S/C23H26N8O/c1-14-10-17(11-15(2)16(14)3)29-12-20(25-13-29)26-23-27-22(19-7-5-9-31(19)28-23)30-8-4-6-18(30)21(24)32/h5,7,9-13,18H,4,6,8H2,1-3H3,(H2,24,32)(H,26,28)/t18-/m1/s1. The highest BCUT2D eigenvalue weighted by molar-refractivity contribution is 5.86. The number of benzene rings is 1. The second-order valence-corrected chi connectivity index (χ2v) is 8.35. The van der Waals surface area contributed by atoms with Crippen LogP contribution in [0.1, 0.15) is 29.5 Å². The number of aromatic nitrogens is 5. The van der Waals surface area contributed by atoms with Crippen molar-refractivity contribution in [1.82, 2.24) is 24.1 Å². The van der Waals surface area contributed by atoms with Crippen molar-refractivity contribution in [1.29, 1.82) is 0 Å². The maximum Gasteiger partial charge on any atom is 0.248 e. The van der Waals surface area contributed by atoms with Crippen molar-refractivity contribution in [2.75, 3.05) is 16.8 Å². The van der Waals surface area contributed by atoms with E-state index >= 15 is 0 Å². The third-order valence-corrected chi connectivity index (χ3v) is 6.26. The number of rotatable bonds is 5. The summed E-state index contributed by atoms with van der Waals surface area (Å²) in [6.07, 6.45) is 7.17. The number of nitrogens with two attached hydrogens (primary N) is 1. The van der Waals surface area contributed by atoms with Gasteiger partial charge in [-0.3, -0.25) is 4.79 Å². The van der Waals surface area contributed by atoms with Gasteiger partial charge in [0.25, 0.3) is 0 Å². The first kappa shape index (κ1) is 20.0. The molecule has 0 saturated carbocycles. The number of nitrogens with one attached hydrogen (secondary N) is 1. The van der Waals surface area contributed by atoms with Crippen LogP contribution in [0.15, 0.2) is 43.0 Å². The quantitative estimate of drug-likeness (QED) is 0.504. The largest absolute Gasteiger partial charge is 0.368 e. The van der Waals surface area contributed by atoms with E-state index in [1.807, 2.05) is 34.0 Å². The lowest BCUT2D eigenvalue weighted by atomic mass is 10.0. The van der Waals surface area contributed by atoms with Gasteiger partial charge in [-0.05, 0) is 74.6 Å². The number of hydrogen-bond donors (Lipinski definition) is 2. The number of nitrogens with zero attached hydrogens (tertiary/aromatic N) is 6. The number of anilines is 3. The van der Waals surface area contributed by atoms with Crippen LogP contribution >= 0.6 is 0 Å². The molecule has 5 rings (SSSR count). The minimum Gasteiger partial charge on any atom is -0.368 e. The molecule has 1 aliphatic heterocycles. The molecule has 0 unspecified atom stereocenters. The Hall–Kier alpha value is -3.88. The number of hydrogen-bond acceptors (Lipinski definition) is 6.